The number of carbonyl (C=O) groups is 2. The summed E-state index contributed by atoms with van der Waals surface area (Å²) in [5, 5.41) is 5.52. The van der Waals surface area contributed by atoms with E-state index in [0.717, 1.165) is 0 Å². The van der Waals surface area contributed by atoms with Crippen molar-refractivity contribution in [1.29, 1.82) is 0 Å². The summed E-state index contributed by atoms with van der Waals surface area (Å²) in [5.41, 5.74) is 1.22. The fraction of sp³-hybridized carbons (Fsp3) is 0.130. The topological polar surface area (TPSA) is 85.9 Å². The third-order valence-electron chi connectivity index (χ3n) is 4.23. The maximum atomic E-state index is 12.8. The van der Waals surface area contributed by atoms with Gasteiger partial charge in [-0.1, -0.05) is 36.4 Å². The number of nitrogens with one attached hydrogen (secondary N) is 2. The summed E-state index contributed by atoms with van der Waals surface area (Å²) in [5.74, 6) is 0.747. The first-order valence-corrected chi connectivity index (χ1v) is 9.21. The van der Waals surface area contributed by atoms with Gasteiger partial charge in [0.1, 0.15) is 5.75 Å². The number of benzene rings is 3. The van der Waals surface area contributed by atoms with Crippen LogP contribution in [-0.4, -0.2) is 32.6 Å². The molecule has 3 rings (SSSR count). The fourth-order valence-electron chi connectivity index (χ4n) is 2.80. The minimum Gasteiger partial charge on any atom is -0.495 e. The summed E-state index contributed by atoms with van der Waals surface area (Å²) in [6, 6.07) is 20.9. The van der Waals surface area contributed by atoms with Crippen LogP contribution in [0, 0.1) is 0 Å². The van der Waals surface area contributed by atoms with E-state index in [-0.39, 0.29) is 12.5 Å². The maximum Gasteiger partial charge on any atom is 0.262 e. The number of para-hydroxylation sites is 5. The molecule has 0 atom stereocenters. The van der Waals surface area contributed by atoms with Crippen LogP contribution in [-0.2, 0) is 4.79 Å². The van der Waals surface area contributed by atoms with Crippen LogP contribution < -0.4 is 24.8 Å². The van der Waals surface area contributed by atoms with Crippen molar-refractivity contribution in [3.63, 3.8) is 0 Å². The van der Waals surface area contributed by atoms with Crippen LogP contribution in [0.2, 0.25) is 0 Å². The number of hydrogen-bond donors (Lipinski definition) is 2. The van der Waals surface area contributed by atoms with Gasteiger partial charge in [-0.05, 0) is 36.4 Å². The van der Waals surface area contributed by atoms with E-state index >= 15 is 0 Å². The third-order valence-corrected chi connectivity index (χ3v) is 4.23. The second kappa shape index (κ2) is 9.97. The predicted molar refractivity (Wildman–Crippen MR) is 115 cm³/mol. The Labute approximate surface area is 174 Å². The molecule has 0 aliphatic carbocycles. The number of hydrogen-bond acceptors (Lipinski definition) is 5. The van der Waals surface area contributed by atoms with E-state index < -0.39 is 5.91 Å². The van der Waals surface area contributed by atoms with E-state index in [0.29, 0.717) is 34.2 Å². The van der Waals surface area contributed by atoms with Crippen molar-refractivity contribution in [2.45, 2.75) is 0 Å². The van der Waals surface area contributed by atoms with Gasteiger partial charge in [-0.15, -0.1) is 0 Å². The molecule has 0 saturated carbocycles. The quantitative estimate of drug-likeness (QED) is 0.591. The van der Waals surface area contributed by atoms with Gasteiger partial charge >= 0.3 is 0 Å². The molecule has 154 valence electrons. The maximum absolute atomic E-state index is 12.8. The minimum atomic E-state index is -0.404. The number of ether oxygens (including phenoxy) is 3. The average Bonchev–Trinajstić information content (AvgIpc) is 2.78. The molecule has 3 aromatic carbocycles. The summed E-state index contributed by atoms with van der Waals surface area (Å²) >= 11 is 0. The summed E-state index contributed by atoms with van der Waals surface area (Å²) in [4.78, 5) is 25.2. The third kappa shape index (κ3) is 5.08. The standard InChI is InChI=1S/C23H22N2O5/c1-28-19-12-6-5-11-18(19)25-23(27)16-9-3-4-10-17(16)24-22(26)15-30-21-14-8-7-13-20(21)29-2/h3-14H,15H2,1-2H3,(H,24,26)(H,25,27). The highest BCUT2D eigenvalue weighted by atomic mass is 16.5. The van der Waals surface area contributed by atoms with E-state index in [2.05, 4.69) is 10.6 Å². The Bertz CT molecular complexity index is 1040. The van der Waals surface area contributed by atoms with Gasteiger partial charge in [0.05, 0.1) is 31.2 Å². The molecule has 0 unspecified atom stereocenters. The zero-order valence-corrected chi connectivity index (χ0v) is 16.7. The molecule has 7 heteroatoms. The van der Waals surface area contributed by atoms with Crippen molar-refractivity contribution >= 4 is 23.2 Å². The Kier molecular flexibility index (Phi) is 6.89. The van der Waals surface area contributed by atoms with Gasteiger partial charge in [-0.3, -0.25) is 9.59 Å². The monoisotopic (exact) mass is 406 g/mol. The zero-order chi connectivity index (χ0) is 21.3. The first kappa shape index (κ1) is 20.7. The summed E-state index contributed by atoms with van der Waals surface area (Å²) < 4.78 is 16.0. The van der Waals surface area contributed by atoms with Crippen LogP contribution in [0.1, 0.15) is 10.4 Å². The molecule has 2 amide bonds. The highest BCUT2D eigenvalue weighted by Crippen LogP contribution is 2.26. The Hall–Kier alpha value is -4.00. The smallest absolute Gasteiger partial charge is 0.262 e. The van der Waals surface area contributed by atoms with Gasteiger partial charge < -0.3 is 24.8 Å². The highest BCUT2D eigenvalue weighted by Gasteiger charge is 2.15. The Balaban J connectivity index is 1.68. The number of rotatable bonds is 8. The Morgan fingerprint density at radius 2 is 1.27 bits per heavy atom. The van der Waals surface area contributed by atoms with Gasteiger partial charge in [0, 0.05) is 0 Å². The van der Waals surface area contributed by atoms with E-state index in [9.17, 15) is 9.59 Å². The second-order valence-electron chi connectivity index (χ2n) is 6.19. The molecule has 0 aliphatic heterocycles. The van der Waals surface area contributed by atoms with Crippen LogP contribution in [0.4, 0.5) is 11.4 Å². The van der Waals surface area contributed by atoms with Gasteiger partial charge in [0.25, 0.3) is 11.8 Å². The van der Waals surface area contributed by atoms with Crippen LogP contribution in [0.25, 0.3) is 0 Å². The largest absolute Gasteiger partial charge is 0.495 e. The molecule has 0 aliphatic rings. The van der Waals surface area contributed by atoms with Crippen LogP contribution in [0.5, 0.6) is 17.2 Å². The van der Waals surface area contributed by atoms with Crippen molar-refractivity contribution in [3.05, 3.63) is 78.4 Å². The number of amides is 2. The predicted octanol–water partition coefficient (Wildman–Crippen LogP) is 3.97. The highest BCUT2D eigenvalue weighted by molar-refractivity contribution is 6.10. The summed E-state index contributed by atoms with van der Waals surface area (Å²) in [6.45, 7) is -0.233. The molecule has 3 aromatic rings. The molecule has 0 aromatic heterocycles. The molecule has 0 fully saturated rings. The van der Waals surface area contributed by atoms with Crippen LogP contribution >= 0.6 is 0 Å². The van der Waals surface area contributed by atoms with Crippen molar-refractivity contribution in [1.82, 2.24) is 0 Å². The minimum absolute atomic E-state index is 0.233. The lowest BCUT2D eigenvalue weighted by molar-refractivity contribution is -0.118. The molecule has 0 bridgehead atoms. The van der Waals surface area contributed by atoms with Gasteiger partial charge in [-0.2, -0.15) is 0 Å². The number of methoxy groups -OCH3 is 2. The van der Waals surface area contributed by atoms with Crippen molar-refractivity contribution in [2.75, 3.05) is 31.5 Å². The number of anilines is 2. The van der Waals surface area contributed by atoms with Crippen molar-refractivity contribution in [2.24, 2.45) is 0 Å². The van der Waals surface area contributed by atoms with Gasteiger partial charge in [0.2, 0.25) is 0 Å². The number of carbonyl (C=O) groups excluding carboxylic acids is 2. The molecule has 0 saturated heterocycles. The van der Waals surface area contributed by atoms with Crippen molar-refractivity contribution < 1.29 is 23.8 Å². The molecule has 2 N–H and O–H groups in total. The summed E-state index contributed by atoms with van der Waals surface area (Å²) in [7, 11) is 3.06. The molecule has 0 heterocycles. The Morgan fingerprint density at radius 3 is 1.97 bits per heavy atom. The zero-order valence-electron chi connectivity index (χ0n) is 16.7. The van der Waals surface area contributed by atoms with E-state index in [1.807, 2.05) is 12.1 Å². The van der Waals surface area contributed by atoms with E-state index in [4.69, 9.17) is 14.2 Å². The lowest BCUT2D eigenvalue weighted by Gasteiger charge is -2.14. The first-order valence-electron chi connectivity index (χ1n) is 9.21. The van der Waals surface area contributed by atoms with Crippen LogP contribution in [0.3, 0.4) is 0 Å². The normalized spacial score (nSPS) is 10.1. The summed E-state index contributed by atoms with van der Waals surface area (Å²) in [6.07, 6.45) is 0. The SMILES string of the molecule is COc1ccccc1NC(=O)c1ccccc1NC(=O)COc1ccccc1OC. The lowest BCUT2D eigenvalue weighted by atomic mass is 10.1. The van der Waals surface area contributed by atoms with Gasteiger partial charge in [0.15, 0.2) is 18.1 Å². The first-order chi connectivity index (χ1) is 14.6. The van der Waals surface area contributed by atoms with E-state index in [1.165, 1.54) is 14.2 Å². The Morgan fingerprint density at radius 1 is 0.700 bits per heavy atom. The molecule has 0 radical (unpaired) electrons. The molecule has 30 heavy (non-hydrogen) atoms. The van der Waals surface area contributed by atoms with Crippen molar-refractivity contribution in [3.8, 4) is 17.2 Å². The van der Waals surface area contributed by atoms with E-state index in [1.54, 1.807) is 60.7 Å². The average molecular weight is 406 g/mol. The van der Waals surface area contributed by atoms with Crippen LogP contribution in [0.15, 0.2) is 72.8 Å². The molecular formula is C23H22N2O5. The molecule has 7 nitrogen and oxygen atoms in total. The molecular weight excluding hydrogens is 384 g/mol. The lowest BCUT2D eigenvalue weighted by Crippen LogP contribution is -2.23. The van der Waals surface area contributed by atoms with Gasteiger partial charge in [-0.25, -0.2) is 0 Å². The second-order valence-corrected chi connectivity index (χ2v) is 6.19. The molecule has 0 spiro atoms. The fourth-order valence-corrected chi connectivity index (χ4v) is 2.80.